The minimum absolute atomic E-state index is 0.378. The third-order valence-electron chi connectivity index (χ3n) is 5.63. The molecule has 2 N–H and O–H groups in total. The quantitative estimate of drug-likeness (QED) is 0.476. The molecule has 1 heterocycles. The molecule has 33 heavy (non-hydrogen) atoms. The number of carbonyl (C=O) groups is 1. The summed E-state index contributed by atoms with van der Waals surface area (Å²) >= 11 is -2.31. The van der Waals surface area contributed by atoms with E-state index in [4.69, 9.17) is 14.6 Å². The van der Waals surface area contributed by atoms with Crippen LogP contribution in [-0.2, 0) is 22.5 Å². The number of aromatic nitrogens is 1. The number of pyridine rings is 1. The zero-order valence-electron chi connectivity index (χ0n) is 18.0. The summed E-state index contributed by atoms with van der Waals surface area (Å²) < 4.78 is 34.6. The number of carboxylic acids is 1. The van der Waals surface area contributed by atoms with Gasteiger partial charge in [-0.05, 0) is 66.3 Å². The van der Waals surface area contributed by atoms with E-state index in [1.165, 1.54) is 4.31 Å². The standard InChI is InChI=1S/C24H24N2O6S/c1-31-18-11-8-16(9-12-18)17-10-13-23(25-14-17)26(33(29)30)21-6-2-5-20-19(21)4-3-7-22(20)32-15-24(27)28/h3-4,7-14,21H,2,5-6,15H2,1H3,(H,27,28)(H,29,30). The van der Waals surface area contributed by atoms with E-state index in [9.17, 15) is 13.6 Å². The number of nitrogens with zero attached hydrogens (tertiary/aromatic N) is 2. The molecule has 3 aromatic rings. The Morgan fingerprint density at radius 1 is 1.15 bits per heavy atom. The summed E-state index contributed by atoms with van der Waals surface area (Å²) in [7, 11) is 1.61. The van der Waals surface area contributed by atoms with Crippen molar-refractivity contribution in [1.29, 1.82) is 0 Å². The lowest BCUT2D eigenvalue weighted by molar-refractivity contribution is -0.139. The lowest BCUT2D eigenvalue weighted by Gasteiger charge is -2.34. The van der Waals surface area contributed by atoms with Gasteiger partial charge in [-0.2, -0.15) is 0 Å². The lowest BCUT2D eigenvalue weighted by atomic mass is 9.87. The molecule has 0 bridgehead atoms. The number of rotatable bonds is 8. The highest BCUT2D eigenvalue weighted by Gasteiger charge is 2.32. The van der Waals surface area contributed by atoms with Crippen LogP contribution in [0.5, 0.6) is 11.5 Å². The first-order valence-electron chi connectivity index (χ1n) is 10.4. The van der Waals surface area contributed by atoms with Crippen LogP contribution in [0.15, 0.2) is 60.8 Å². The van der Waals surface area contributed by atoms with Gasteiger partial charge in [0, 0.05) is 11.8 Å². The molecule has 0 saturated carbocycles. The summed E-state index contributed by atoms with van der Waals surface area (Å²) in [5, 5.41) is 8.95. The maximum Gasteiger partial charge on any atom is 0.341 e. The zero-order chi connectivity index (χ0) is 23.4. The molecule has 2 aromatic carbocycles. The van der Waals surface area contributed by atoms with Crippen LogP contribution in [0.2, 0.25) is 0 Å². The van der Waals surface area contributed by atoms with E-state index in [0.717, 1.165) is 34.4 Å². The van der Waals surface area contributed by atoms with Gasteiger partial charge in [-0.3, -0.25) is 4.55 Å². The first-order valence-corrected chi connectivity index (χ1v) is 11.5. The molecule has 0 aliphatic heterocycles. The number of aliphatic carboxylic acids is 1. The fourth-order valence-corrected chi connectivity index (χ4v) is 4.83. The summed E-state index contributed by atoms with van der Waals surface area (Å²) in [6, 6.07) is 16.2. The van der Waals surface area contributed by atoms with Crippen LogP contribution in [0, 0.1) is 0 Å². The number of benzene rings is 2. The van der Waals surface area contributed by atoms with Crippen molar-refractivity contribution in [1.82, 2.24) is 4.98 Å². The Balaban J connectivity index is 1.64. The first kappa shape index (κ1) is 22.8. The SMILES string of the molecule is COc1ccc(-c2ccc(N(C3CCCc4c(OCC(=O)O)cccc43)S(=O)O)nc2)cc1. The molecule has 0 saturated heterocycles. The van der Waals surface area contributed by atoms with Gasteiger partial charge in [-0.15, -0.1) is 0 Å². The van der Waals surface area contributed by atoms with Gasteiger partial charge in [0.2, 0.25) is 0 Å². The number of hydrogen-bond donors (Lipinski definition) is 2. The van der Waals surface area contributed by atoms with Crippen LogP contribution in [0.4, 0.5) is 5.82 Å². The van der Waals surface area contributed by atoms with Crippen LogP contribution in [0.25, 0.3) is 11.1 Å². The normalized spacial score (nSPS) is 15.9. The number of methoxy groups -OCH3 is 1. The van der Waals surface area contributed by atoms with Crippen LogP contribution < -0.4 is 13.8 Å². The highest BCUT2D eigenvalue weighted by atomic mass is 32.2. The van der Waals surface area contributed by atoms with E-state index in [-0.39, 0.29) is 0 Å². The zero-order valence-corrected chi connectivity index (χ0v) is 18.8. The first-order chi connectivity index (χ1) is 16.0. The van der Waals surface area contributed by atoms with Gasteiger partial charge in [0.15, 0.2) is 6.61 Å². The van der Waals surface area contributed by atoms with Crippen LogP contribution in [-0.4, -0.2) is 38.5 Å². The van der Waals surface area contributed by atoms with Gasteiger partial charge in [-0.1, -0.05) is 24.3 Å². The molecular weight excluding hydrogens is 444 g/mol. The smallest absolute Gasteiger partial charge is 0.341 e. The second-order valence-electron chi connectivity index (χ2n) is 7.60. The number of carboxylic acid groups (broad SMARTS) is 1. The van der Waals surface area contributed by atoms with Crippen LogP contribution in [0.1, 0.15) is 30.0 Å². The van der Waals surface area contributed by atoms with Gasteiger partial charge < -0.3 is 14.6 Å². The maximum absolute atomic E-state index is 12.4. The Kier molecular flexibility index (Phi) is 6.90. The van der Waals surface area contributed by atoms with Crippen molar-refractivity contribution in [3.63, 3.8) is 0 Å². The molecule has 9 heteroatoms. The number of anilines is 1. The number of hydrogen-bond acceptors (Lipinski definition) is 5. The molecule has 0 fully saturated rings. The minimum atomic E-state index is -2.31. The van der Waals surface area contributed by atoms with Gasteiger partial charge in [0.1, 0.15) is 17.3 Å². The van der Waals surface area contributed by atoms with Crippen molar-refractivity contribution < 1.29 is 28.1 Å². The third kappa shape index (κ3) is 4.99. The third-order valence-corrected chi connectivity index (χ3v) is 6.41. The summed E-state index contributed by atoms with van der Waals surface area (Å²) in [4.78, 5) is 15.4. The fraction of sp³-hybridized carbons (Fsp3) is 0.250. The second-order valence-corrected chi connectivity index (χ2v) is 8.46. The second kappa shape index (κ2) is 10.0. The monoisotopic (exact) mass is 468 g/mol. The number of ether oxygens (including phenoxy) is 2. The lowest BCUT2D eigenvalue weighted by Crippen LogP contribution is -2.33. The van der Waals surface area contributed by atoms with Crippen molar-refractivity contribution in [2.24, 2.45) is 0 Å². The van der Waals surface area contributed by atoms with Crippen molar-refractivity contribution >= 4 is 23.1 Å². The van der Waals surface area contributed by atoms with E-state index in [0.29, 0.717) is 24.4 Å². The van der Waals surface area contributed by atoms with Crippen molar-refractivity contribution in [2.75, 3.05) is 18.0 Å². The molecule has 1 aromatic heterocycles. The van der Waals surface area contributed by atoms with E-state index in [2.05, 4.69) is 4.98 Å². The van der Waals surface area contributed by atoms with Crippen molar-refractivity contribution in [3.8, 4) is 22.6 Å². The van der Waals surface area contributed by atoms with E-state index in [1.54, 1.807) is 31.5 Å². The van der Waals surface area contributed by atoms with Gasteiger partial charge >= 0.3 is 5.97 Å². The number of fused-ring (bicyclic) bond motifs is 1. The molecule has 4 rings (SSSR count). The van der Waals surface area contributed by atoms with E-state index < -0.39 is 29.9 Å². The van der Waals surface area contributed by atoms with Crippen LogP contribution >= 0.6 is 0 Å². The molecule has 2 atom stereocenters. The Labute approximate surface area is 194 Å². The maximum atomic E-state index is 12.4. The van der Waals surface area contributed by atoms with Crippen molar-refractivity contribution in [2.45, 2.75) is 25.3 Å². The Morgan fingerprint density at radius 3 is 2.55 bits per heavy atom. The van der Waals surface area contributed by atoms with Gasteiger partial charge in [0.25, 0.3) is 11.3 Å². The average molecular weight is 469 g/mol. The molecule has 0 spiro atoms. The van der Waals surface area contributed by atoms with Crippen LogP contribution in [0.3, 0.4) is 0 Å². The Bertz CT molecular complexity index is 1150. The molecule has 0 amide bonds. The molecule has 0 radical (unpaired) electrons. The summed E-state index contributed by atoms with van der Waals surface area (Å²) in [6.07, 6.45) is 3.80. The Hall–Kier alpha value is -3.43. The van der Waals surface area contributed by atoms with E-state index >= 15 is 0 Å². The summed E-state index contributed by atoms with van der Waals surface area (Å²) in [5.41, 5.74) is 3.53. The van der Waals surface area contributed by atoms with E-state index in [1.807, 2.05) is 36.4 Å². The summed E-state index contributed by atoms with van der Waals surface area (Å²) in [5.74, 6) is 0.570. The fourth-order valence-electron chi connectivity index (χ4n) is 4.13. The molecule has 1 aliphatic carbocycles. The van der Waals surface area contributed by atoms with Crippen molar-refractivity contribution in [3.05, 3.63) is 71.9 Å². The van der Waals surface area contributed by atoms with Gasteiger partial charge in [-0.25, -0.2) is 18.3 Å². The Morgan fingerprint density at radius 2 is 1.91 bits per heavy atom. The predicted molar refractivity (Wildman–Crippen MR) is 125 cm³/mol. The molecule has 2 unspecified atom stereocenters. The molecular formula is C24H24N2O6S. The highest BCUT2D eigenvalue weighted by molar-refractivity contribution is 7.80. The highest BCUT2D eigenvalue weighted by Crippen LogP contribution is 2.40. The molecule has 8 nitrogen and oxygen atoms in total. The predicted octanol–water partition coefficient (Wildman–Crippen LogP) is 4.24. The largest absolute Gasteiger partial charge is 0.497 e. The minimum Gasteiger partial charge on any atom is -0.497 e. The summed E-state index contributed by atoms with van der Waals surface area (Å²) in [6.45, 7) is -0.439. The topological polar surface area (TPSA) is 109 Å². The molecule has 172 valence electrons. The molecule has 1 aliphatic rings. The average Bonchev–Trinajstić information content (AvgIpc) is 2.83. The van der Waals surface area contributed by atoms with Gasteiger partial charge in [0.05, 0.1) is 13.2 Å².